The molecule has 0 saturated carbocycles. The van der Waals surface area contributed by atoms with Gasteiger partial charge in [0.15, 0.2) is 0 Å². The van der Waals surface area contributed by atoms with E-state index in [1.807, 2.05) is 12.1 Å². The van der Waals surface area contributed by atoms with Crippen molar-refractivity contribution in [1.82, 2.24) is 20.6 Å². The number of nitrogens with zero attached hydrogens (tertiary/aromatic N) is 4. The molecule has 3 rings (SSSR count). The highest BCUT2D eigenvalue weighted by Crippen LogP contribution is 2.22. The average Bonchev–Trinajstić information content (AvgIpc) is 2.91. The Morgan fingerprint density at radius 3 is 1.53 bits per heavy atom. The van der Waals surface area contributed by atoms with E-state index >= 15 is 0 Å². The normalized spacial score (nSPS) is 11.3. The van der Waals surface area contributed by atoms with Gasteiger partial charge in [-0.05, 0) is 35.4 Å². The van der Waals surface area contributed by atoms with Gasteiger partial charge in [-0.3, -0.25) is 19.6 Å². The summed E-state index contributed by atoms with van der Waals surface area (Å²) in [6.07, 6.45) is 5.26. The smallest absolute Gasteiger partial charge is 0.262 e. The molecule has 0 unspecified atom stereocenters. The average molecular weight is 586 g/mol. The van der Waals surface area contributed by atoms with Gasteiger partial charge in [-0.2, -0.15) is 10.5 Å². The molecule has 0 radical (unpaired) electrons. The molecule has 3 aromatic rings. The molecule has 2 aromatic heterocycles. The van der Waals surface area contributed by atoms with Gasteiger partial charge in [-0.1, -0.05) is 70.7 Å². The summed E-state index contributed by atoms with van der Waals surface area (Å²) in [7, 11) is 0. The molecule has 8 nitrogen and oxygen atoms in total. The molecule has 0 atom stereocenters. The van der Waals surface area contributed by atoms with Crippen molar-refractivity contribution in [2.75, 3.05) is 0 Å². The Bertz CT molecular complexity index is 1430. The van der Waals surface area contributed by atoms with Gasteiger partial charge in [0.25, 0.3) is 11.8 Å². The fourth-order valence-electron chi connectivity index (χ4n) is 3.01. The molecule has 0 saturated heterocycles. The Morgan fingerprint density at radius 1 is 0.737 bits per heavy atom. The van der Waals surface area contributed by atoms with E-state index in [1.54, 1.807) is 24.3 Å². The fourth-order valence-corrected chi connectivity index (χ4v) is 3.54. The first-order valence-corrected chi connectivity index (χ1v) is 12.2. The van der Waals surface area contributed by atoms with E-state index in [4.69, 9.17) is 46.4 Å². The summed E-state index contributed by atoms with van der Waals surface area (Å²) >= 11 is 23.6. The highest BCUT2D eigenvalue weighted by molar-refractivity contribution is 6.42. The first-order valence-electron chi connectivity index (χ1n) is 10.7. The van der Waals surface area contributed by atoms with E-state index in [-0.39, 0.29) is 44.3 Å². The maximum atomic E-state index is 12.5. The molecule has 2 heterocycles. The molecule has 0 aliphatic carbocycles. The lowest BCUT2D eigenvalue weighted by Crippen LogP contribution is -2.25. The van der Waals surface area contributed by atoms with Gasteiger partial charge in [0, 0.05) is 25.5 Å². The summed E-state index contributed by atoms with van der Waals surface area (Å²) < 4.78 is 0. The number of nitriles is 2. The van der Waals surface area contributed by atoms with Crippen LogP contribution in [0.25, 0.3) is 12.2 Å². The Balaban J connectivity index is 1.61. The molecule has 12 heteroatoms. The molecular weight excluding hydrogens is 570 g/mol. The lowest BCUT2D eigenvalue weighted by molar-refractivity contribution is -0.118. The van der Waals surface area contributed by atoms with Crippen LogP contribution in [0.15, 0.2) is 59.9 Å². The minimum atomic E-state index is -0.598. The van der Waals surface area contributed by atoms with Crippen LogP contribution in [-0.4, -0.2) is 21.8 Å². The minimum absolute atomic E-state index is 0.126. The van der Waals surface area contributed by atoms with Crippen LogP contribution in [0.5, 0.6) is 0 Å². The zero-order valence-corrected chi connectivity index (χ0v) is 22.3. The zero-order valence-electron chi connectivity index (χ0n) is 19.3. The van der Waals surface area contributed by atoms with E-state index in [9.17, 15) is 20.1 Å². The molecule has 190 valence electrons. The minimum Gasteiger partial charge on any atom is -0.347 e. The summed E-state index contributed by atoms with van der Waals surface area (Å²) in [5.74, 6) is -1.20. The number of carbonyl (C=O) groups excluding carboxylic acids is 2. The molecule has 0 bridgehead atoms. The van der Waals surface area contributed by atoms with Crippen molar-refractivity contribution in [3.8, 4) is 12.1 Å². The van der Waals surface area contributed by atoms with Crippen molar-refractivity contribution in [1.29, 1.82) is 10.5 Å². The van der Waals surface area contributed by atoms with Gasteiger partial charge in [-0.15, -0.1) is 0 Å². The first kappa shape index (κ1) is 28.6. The van der Waals surface area contributed by atoms with Crippen molar-refractivity contribution in [2.24, 2.45) is 0 Å². The van der Waals surface area contributed by atoms with Crippen LogP contribution in [0.3, 0.4) is 0 Å². The number of halogens is 4. The van der Waals surface area contributed by atoms with Crippen LogP contribution < -0.4 is 10.6 Å². The van der Waals surface area contributed by atoms with Gasteiger partial charge >= 0.3 is 0 Å². The highest BCUT2D eigenvalue weighted by atomic mass is 35.5. The topological polar surface area (TPSA) is 132 Å². The molecule has 1 aromatic carbocycles. The van der Waals surface area contributed by atoms with E-state index in [0.717, 1.165) is 11.1 Å². The number of carbonyl (C=O) groups is 2. The third kappa shape index (κ3) is 8.04. The van der Waals surface area contributed by atoms with Crippen molar-refractivity contribution in [3.63, 3.8) is 0 Å². The second kappa shape index (κ2) is 13.6. The number of nitrogens with one attached hydrogen (secondary N) is 2. The van der Waals surface area contributed by atoms with Crippen LogP contribution in [0.2, 0.25) is 20.1 Å². The molecule has 2 amide bonds. The molecule has 0 fully saturated rings. The fraction of sp³-hybridized carbons (Fsp3) is 0.0769. The van der Waals surface area contributed by atoms with Crippen molar-refractivity contribution < 1.29 is 9.59 Å². The van der Waals surface area contributed by atoms with Gasteiger partial charge in [-0.25, -0.2) is 0 Å². The second-order valence-corrected chi connectivity index (χ2v) is 9.20. The third-order valence-corrected chi connectivity index (χ3v) is 6.29. The van der Waals surface area contributed by atoms with Gasteiger partial charge in [0.1, 0.15) is 23.3 Å². The van der Waals surface area contributed by atoms with E-state index in [2.05, 4.69) is 20.6 Å². The lowest BCUT2D eigenvalue weighted by atomic mass is 10.1. The number of amides is 2. The van der Waals surface area contributed by atoms with E-state index in [0.29, 0.717) is 11.4 Å². The molecule has 38 heavy (non-hydrogen) atoms. The Labute approximate surface area is 238 Å². The predicted molar refractivity (Wildman–Crippen MR) is 146 cm³/mol. The van der Waals surface area contributed by atoms with Gasteiger partial charge in [0.05, 0.1) is 31.5 Å². The Morgan fingerprint density at radius 2 is 1.16 bits per heavy atom. The van der Waals surface area contributed by atoms with Crippen LogP contribution in [0.4, 0.5) is 0 Å². The number of rotatable bonds is 8. The quantitative estimate of drug-likeness (QED) is 0.263. The maximum Gasteiger partial charge on any atom is 0.262 e. The highest BCUT2D eigenvalue weighted by Gasteiger charge is 2.12. The van der Waals surface area contributed by atoms with Crippen LogP contribution in [-0.2, 0) is 22.7 Å². The van der Waals surface area contributed by atoms with Crippen LogP contribution in [0.1, 0.15) is 22.5 Å². The first-order chi connectivity index (χ1) is 18.2. The molecular formula is C26H16Cl4N6O2. The number of benzene rings is 1. The maximum absolute atomic E-state index is 12.5. The molecule has 0 aliphatic heterocycles. The Kier molecular flexibility index (Phi) is 10.2. The van der Waals surface area contributed by atoms with Crippen LogP contribution in [0, 0.1) is 22.7 Å². The lowest BCUT2D eigenvalue weighted by Gasteiger charge is -2.08. The number of hydrogen-bond acceptors (Lipinski definition) is 6. The van der Waals surface area contributed by atoms with E-state index in [1.165, 1.54) is 36.7 Å². The van der Waals surface area contributed by atoms with Crippen molar-refractivity contribution in [3.05, 3.63) is 103 Å². The molecule has 2 N–H and O–H groups in total. The standard InChI is InChI=1S/C26H16Cl4N6O2/c27-21-7-19(33-13-23(21)29)5-17(9-31)25(37)35-11-15-2-1-3-16(4-15)12-36-26(38)18(10-32)6-20-8-22(28)24(30)14-34-20/h1-8,13-14H,11-12H2,(H,35,37)(H,36,38)/b17-5-,18-6-. The Hall–Kier alpha value is -3.92. The molecule has 0 aliphatic rings. The summed E-state index contributed by atoms with van der Waals surface area (Å²) in [4.78, 5) is 33.0. The number of pyridine rings is 2. The summed E-state index contributed by atoms with van der Waals surface area (Å²) in [5, 5.41) is 25.1. The second-order valence-electron chi connectivity index (χ2n) is 7.57. The van der Waals surface area contributed by atoms with E-state index < -0.39 is 11.8 Å². The predicted octanol–water partition coefficient (Wildman–Crippen LogP) is 5.54. The largest absolute Gasteiger partial charge is 0.347 e. The van der Waals surface area contributed by atoms with Gasteiger partial charge < -0.3 is 10.6 Å². The monoisotopic (exact) mass is 584 g/mol. The van der Waals surface area contributed by atoms with Crippen LogP contribution >= 0.6 is 46.4 Å². The van der Waals surface area contributed by atoms with Crippen molar-refractivity contribution in [2.45, 2.75) is 13.1 Å². The summed E-state index contributed by atoms with van der Waals surface area (Å²) in [6.45, 7) is 0.252. The zero-order chi connectivity index (χ0) is 27.7. The van der Waals surface area contributed by atoms with Gasteiger partial charge in [0.2, 0.25) is 0 Å². The number of hydrogen-bond donors (Lipinski definition) is 2. The molecule has 0 spiro atoms. The third-order valence-electron chi connectivity index (χ3n) is 4.87. The summed E-state index contributed by atoms with van der Waals surface area (Å²) in [6, 6.07) is 13.6. The number of aromatic nitrogens is 2. The van der Waals surface area contributed by atoms with Crippen molar-refractivity contribution >= 4 is 70.4 Å². The SMILES string of the molecule is N#C/C(=C/c1cc(Cl)c(Cl)cn1)C(=O)NCc1cccc(CNC(=O)/C(C#N)=C\c2cc(Cl)c(Cl)cn2)c1. The summed E-state index contributed by atoms with van der Waals surface area (Å²) in [5.41, 5.74) is 1.75.